The number of fused-ring (bicyclic) bond motifs is 1. The molecule has 1 aliphatic heterocycles. The van der Waals surface area contributed by atoms with Gasteiger partial charge in [-0.05, 0) is 48.8 Å². The summed E-state index contributed by atoms with van der Waals surface area (Å²) in [6.07, 6.45) is 4.90. The second-order valence-electron chi connectivity index (χ2n) is 8.21. The van der Waals surface area contributed by atoms with Crippen molar-refractivity contribution in [2.75, 3.05) is 6.54 Å². The lowest BCUT2D eigenvalue weighted by Crippen LogP contribution is -2.48. The lowest BCUT2D eigenvalue weighted by atomic mass is 9.85. The van der Waals surface area contributed by atoms with Crippen LogP contribution in [0.4, 0.5) is 4.39 Å². The van der Waals surface area contributed by atoms with E-state index in [1.807, 2.05) is 18.7 Å². The molecule has 1 aromatic rings. The van der Waals surface area contributed by atoms with Gasteiger partial charge in [0.2, 0.25) is 5.91 Å². The van der Waals surface area contributed by atoms with Gasteiger partial charge in [-0.15, -0.1) is 0 Å². The molecule has 0 spiro atoms. The lowest BCUT2D eigenvalue weighted by Gasteiger charge is -2.33. The molecule has 27 heavy (non-hydrogen) atoms. The summed E-state index contributed by atoms with van der Waals surface area (Å²) in [6.45, 7) is 4.10. The van der Waals surface area contributed by atoms with Crippen molar-refractivity contribution in [3.63, 3.8) is 0 Å². The van der Waals surface area contributed by atoms with Gasteiger partial charge >= 0.3 is 5.97 Å². The van der Waals surface area contributed by atoms with Gasteiger partial charge in [0, 0.05) is 6.04 Å². The fraction of sp³-hybridized carbons (Fsp3) is 0.619. The van der Waals surface area contributed by atoms with Crippen LogP contribution in [0, 0.1) is 17.7 Å². The van der Waals surface area contributed by atoms with Crippen molar-refractivity contribution in [3.8, 4) is 0 Å². The number of hydrogen-bond donors (Lipinski definition) is 2. The first-order valence-corrected chi connectivity index (χ1v) is 9.90. The second-order valence-corrected chi connectivity index (χ2v) is 8.21. The zero-order chi connectivity index (χ0) is 19.6. The van der Waals surface area contributed by atoms with Crippen molar-refractivity contribution in [2.24, 2.45) is 11.8 Å². The van der Waals surface area contributed by atoms with Crippen molar-refractivity contribution in [3.05, 3.63) is 35.6 Å². The van der Waals surface area contributed by atoms with Gasteiger partial charge in [0.15, 0.2) is 0 Å². The molecule has 1 heterocycles. The first-order chi connectivity index (χ1) is 12.9. The summed E-state index contributed by atoms with van der Waals surface area (Å²) >= 11 is 0. The summed E-state index contributed by atoms with van der Waals surface area (Å²) in [5.41, 5.74) is 0.853. The van der Waals surface area contributed by atoms with Gasteiger partial charge in [-0.2, -0.15) is 0 Å². The normalized spacial score (nSPS) is 26.6. The summed E-state index contributed by atoms with van der Waals surface area (Å²) in [6, 6.07) is 5.54. The summed E-state index contributed by atoms with van der Waals surface area (Å²) in [5, 5.41) is 12.6. The Balaban J connectivity index is 1.70. The molecule has 0 aromatic heterocycles. The molecule has 1 amide bonds. The van der Waals surface area contributed by atoms with E-state index < -0.39 is 12.0 Å². The van der Waals surface area contributed by atoms with E-state index in [9.17, 15) is 19.1 Å². The van der Waals surface area contributed by atoms with Gasteiger partial charge in [0.25, 0.3) is 0 Å². The maximum Gasteiger partial charge on any atom is 0.320 e. The summed E-state index contributed by atoms with van der Waals surface area (Å²) < 4.78 is 13.2. The van der Waals surface area contributed by atoms with Crippen LogP contribution < -0.4 is 5.32 Å². The molecule has 4 atom stereocenters. The Kier molecular flexibility index (Phi) is 6.15. The van der Waals surface area contributed by atoms with Crippen molar-refractivity contribution in [1.82, 2.24) is 10.2 Å². The first kappa shape index (κ1) is 19.8. The maximum atomic E-state index is 13.2. The highest BCUT2D eigenvalue weighted by atomic mass is 19.1. The number of nitrogens with zero attached hydrogens (tertiary/aromatic N) is 1. The minimum atomic E-state index is -0.837. The highest BCUT2D eigenvalue weighted by Crippen LogP contribution is 2.39. The quantitative estimate of drug-likeness (QED) is 0.799. The Hall–Kier alpha value is -1.95. The molecule has 3 rings (SSSR count). The molecule has 1 saturated carbocycles. The number of amides is 1. The van der Waals surface area contributed by atoms with Crippen LogP contribution in [0.1, 0.15) is 57.6 Å². The highest BCUT2D eigenvalue weighted by Gasteiger charge is 2.45. The predicted octanol–water partition coefficient (Wildman–Crippen LogP) is 3.36. The van der Waals surface area contributed by atoms with Crippen LogP contribution in [-0.2, 0) is 9.59 Å². The highest BCUT2D eigenvalue weighted by molar-refractivity contribution is 5.80. The Morgan fingerprint density at radius 3 is 2.52 bits per heavy atom. The third-order valence-corrected chi connectivity index (χ3v) is 6.04. The summed E-state index contributed by atoms with van der Waals surface area (Å²) in [7, 11) is 0. The van der Waals surface area contributed by atoms with Crippen LogP contribution in [0.25, 0.3) is 0 Å². The number of halogens is 1. The average Bonchev–Trinajstić information content (AvgIpc) is 2.99. The van der Waals surface area contributed by atoms with E-state index in [1.54, 1.807) is 12.1 Å². The van der Waals surface area contributed by atoms with Crippen LogP contribution in [0.15, 0.2) is 24.3 Å². The second kappa shape index (κ2) is 8.38. The third kappa shape index (κ3) is 4.49. The van der Waals surface area contributed by atoms with Crippen molar-refractivity contribution < 1.29 is 19.1 Å². The maximum absolute atomic E-state index is 13.2. The van der Waals surface area contributed by atoms with Crippen molar-refractivity contribution in [2.45, 2.75) is 64.1 Å². The first-order valence-electron chi connectivity index (χ1n) is 9.90. The molecule has 6 heteroatoms. The molecule has 2 N–H and O–H groups in total. The largest absolute Gasteiger partial charge is 0.480 e. The number of carbonyl (C=O) groups is 2. The molecule has 0 bridgehead atoms. The molecule has 1 aromatic carbocycles. The van der Waals surface area contributed by atoms with Gasteiger partial charge < -0.3 is 10.4 Å². The monoisotopic (exact) mass is 376 g/mol. The van der Waals surface area contributed by atoms with E-state index in [-0.39, 0.29) is 36.3 Å². The molecular weight excluding hydrogens is 347 g/mol. The number of aliphatic carboxylic acids is 1. The molecule has 0 radical (unpaired) electrons. The topological polar surface area (TPSA) is 69.6 Å². The van der Waals surface area contributed by atoms with Gasteiger partial charge in [0.05, 0.1) is 12.6 Å². The van der Waals surface area contributed by atoms with Crippen molar-refractivity contribution >= 4 is 11.9 Å². The molecular formula is C21H29FN2O3. The zero-order valence-corrected chi connectivity index (χ0v) is 16.0. The minimum Gasteiger partial charge on any atom is -0.480 e. The van der Waals surface area contributed by atoms with Gasteiger partial charge in [-0.3, -0.25) is 14.5 Å². The molecule has 2 aliphatic rings. The number of benzene rings is 1. The van der Waals surface area contributed by atoms with Crippen LogP contribution in [0.2, 0.25) is 0 Å². The molecule has 4 unspecified atom stereocenters. The van der Waals surface area contributed by atoms with E-state index in [0.29, 0.717) is 12.3 Å². The van der Waals surface area contributed by atoms with Crippen LogP contribution in [0.5, 0.6) is 0 Å². The van der Waals surface area contributed by atoms with Crippen LogP contribution in [0.3, 0.4) is 0 Å². The Morgan fingerprint density at radius 2 is 1.89 bits per heavy atom. The minimum absolute atomic E-state index is 0.0998. The third-order valence-electron chi connectivity index (χ3n) is 6.04. The standard InChI is InChI=1S/C21H29FN2O3/c1-13(2)20(14-7-9-16(22)10-8-14)23-19(25)12-24-17-6-4-3-5-15(17)11-18(24)21(26)27/h7-10,13,15,17-18,20H,3-6,11-12H2,1-2H3,(H,23,25)(H,26,27). The number of carboxylic acids is 1. The van der Waals surface area contributed by atoms with E-state index in [4.69, 9.17) is 0 Å². The smallest absolute Gasteiger partial charge is 0.320 e. The molecule has 2 fully saturated rings. The van der Waals surface area contributed by atoms with E-state index in [2.05, 4.69) is 5.32 Å². The fourth-order valence-electron chi connectivity index (χ4n) is 4.71. The zero-order valence-electron chi connectivity index (χ0n) is 16.0. The van der Waals surface area contributed by atoms with E-state index >= 15 is 0 Å². The Bertz CT molecular complexity index is 677. The fourth-order valence-corrected chi connectivity index (χ4v) is 4.71. The molecule has 5 nitrogen and oxygen atoms in total. The SMILES string of the molecule is CC(C)C(NC(=O)CN1C(C(=O)O)CC2CCCCC21)c1ccc(F)cc1. The van der Waals surface area contributed by atoms with Gasteiger partial charge in [-0.1, -0.05) is 38.8 Å². The number of likely N-dealkylation sites (tertiary alicyclic amines) is 1. The predicted molar refractivity (Wildman–Crippen MR) is 101 cm³/mol. The summed E-state index contributed by atoms with van der Waals surface area (Å²) in [5.74, 6) is -0.801. The lowest BCUT2D eigenvalue weighted by molar-refractivity contribution is -0.143. The van der Waals surface area contributed by atoms with Gasteiger partial charge in [0.1, 0.15) is 11.9 Å². The number of carboxylic acid groups (broad SMARTS) is 1. The van der Waals surface area contributed by atoms with Crippen LogP contribution >= 0.6 is 0 Å². The number of hydrogen-bond acceptors (Lipinski definition) is 3. The average molecular weight is 376 g/mol. The van der Waals surface area contributed by atoms with Crippen LogP contribution in [-0.4, -0.2) is 40.5 Å². The molecule has 148 valence electrons. The Labute approximate surface area is 159 Å². The van der Waals surface area contributed by atoms with Gasteiger partial charge in [-0.25, -0.2) is 4.39 Å². The van der Waals surface area contributed by atoms with E-state index in [0.717, 1.165) is 31.2 Å². The summed E-state index contributed by atoms with van der Waals surface area (Å²) in [4.78, 5) is 26.4. The Morgan fingerprint density at radius 1 is 1.22 bits per heavy atom. The van der Waals surface area contributed by atoms with E-state index in [1.165, 1.54) is 12.1 Å². The molecule has 1 aliphatic carbocycles. The molecule has 1 saturated heterocycles. The number of rotatable bonds is 6. The number of nitrogens with one attached hydrogen (secondary N) is 1. The van der Waals surface area contributed by atoms with Crippen molar-refractivity contribution in [1.29, 1.82) is 0 Å². The number of carbonyl (C=O) groups excluding carboxylic acids is 1.